The highest BCUT2D eigenvalue weighted by molar-refractivity contribution is 5.88. The first-order valence-electron chi connectivity index (χ1n) is 7.51. The average Bonchev–Trinajstić information content (AvgIpc) is 2.45. The van der Waals surface area contributed by atoms with Crippen LogP contribution in [0.2, 0.25) is 0 Å². The minimum atomic E-state index is -0.569. The summed E-state index contributed by atoms with van der Waals surface area (Å²) in [7, 11) is 1.48. The average molecular weight is 321 g/mol. The van der Waals surface area contributed by atoms with Crippen molar-refractivity contribution in [2.45, 2.75) is 38.7 Å². The number of piperidine rings is 1. The van der Waals surface area contributed by atoms with E-state index in [1.54, 1.807) is 17.2 Å². The number of amides is 1. The quantitative estimate of drug-likeness (QED) is 0.895. The maximum Gasteiger partial charge on any atom is 0.410 e. The van der Waals surface area contributed by atoms with Gasteiger partial charge in [-0.2, -0.15) is 0 Å². The molecule has 0 saturated carbocycles. The molecule has 1 fully saturated rings. The number of likely N-dealkylation sites (tertiary alicyclic amines) is 1. The second-order valence-corrected chi connectivity index (χ2v) is 6.56. The van der Waals surface area contributed by atoms with Crippen molar-refractivity contribution in [3.05, 3.63) is 17.8 Å². The van der Waals surface area contributed by atoms with Gasteiger partial charge in [-0.15, -0.1) is 0 Å². The van der Waals surface area contributed by atoms with Crippen LogP contribution >= 0.6 is 0 Å². The van der Waals surface area contributed by atoms with Gasteiger partial charge < -0.3 is 20.1 Å². The fraction of sp³-hybridized carbons (Fsp3) is 0.562. The minimum absolute atomic E-state index is 0.0659. The lowest BCUT2D eigenvalue weighted by molar-refractivity contribution is -0.123. The highest BCUT2D eigenvalue weighted by Crippen LogP contribution is 2.28. The van der Waals surface area contributed by atoms with Crippen LogP contribution in [0.5, 0.6) is 5.88 Å². The van der Waals surface area contributed by atoms with Gasteiger partial charge in [-0.3, -0.25) is 4.79 Å². The molecule has 7 nitrogen and oxygen atoms in total. The number of rotatable bonds is 2. The Morgan fingerprint density at radius 2 is 2.13 bits per heavy atom. The van der Waals surface area contributed by atoms with Crippen molar-refractivity contribution in [2.24, 2.45) is 0 Å². The largest absolute Gasteiger partial charge is 0.480 e. The van der Waals surface area contributed by atoms with Crippen LogP contribution in [0.3, 0.4) is 0 Å². The maximum atomic E-state index is 12.2. The predicted octanol–water partition coefficient (Wildman–Crippen LogP) is 1.97. The van der Waals surface area contributed by atoms with Gasteiger partial charge in [0.2, 0.25) is 5.88 Å². The van der Waals surface area contributed by atoms with Crippen LogP contribution in [0.4, 0.5) is 10.5 Å². The monoisotopic (exact) mass is 321 g/mol. The Morgan fingerprint density at radius 3 is 2.70 bits per heavy atom. The van der Waals surface area contributed by atoms with Gasteiger partial charge in [0, 0.05) is 25.7 Å². The molecule has 0 radical (unpaired) electrons. The van der Waals surface area contributed by atoms with Gasteiger partial charge in [0.1, 0.15) is 11.4 Å². The normalized spacial score (nSPS) is 18.7. The summed E-state index contributed by atoms with van der Waals surface area (Å²) < 4.78 is 10.4. The van der Waals surface area contributed by atoms with Crippen molar-refractivity contribution in [3.8, 4) is 5.88 Å². The number of nitrogens with zero attached hydrogens (tertiary/aromatic N) is 2. The number of ketones is 1. The van der Waals surface area contributed by atoms with E-state index in [1.807, 2.05) is 20.8 Å². The molecule has 0 bridgehead atoms. The number of ether oxygens (including phenoxy) is 2. The summed E-state index contributed by atoms with van der Waals surface area (Å²) in [6, 6.07) is 1.67. The number of nitrogens with two attached hydrogens (primary N) is 1. The van der Waals surface area contributed by atoms with Crippen molar-refractivity contribution in [2.75, 3.05) is 25.9 Å². The summed E-state index contributed by atoms with van der Waals surface area (Å²) in [4.78, 5) is 30.1. The third-order valence-electron chi connectivity index (χ3n) is 3.57. The summed E-state index contributed by atoms with van der Waals surface area (Å²) in [5.74, 6) is -0.0610. The molecule has 2 N–H and O–H groups in total. The summed E-state index contributed by atoms with van der Waals surface area (Å²) in [6.45, 7) is 6.06. The third kappa shape index (κ3) is 4.12. The van der Waals surface area contributed by atoms with Gasteiger partial charge >= 0.3 is 6.09 Å². The van der Waals surface area contributed by atoms with Crippen molar-refractivity contribution >= 4 is 17.6 Å². The fourth-order valence-corrected chi connectivity index (χ4v) is 2.46. The smallest absolute Gasteiger partial charge is 0.410 e. The highest BCUT2D eigenvalue weighted by atomic mass is 16.6. The first kappa shape index (κ1) is 17.1. The van der Waals surface area contributed by atoms with E-state index in [0.717, 1.165) is 0 Å². The van der Waals surface area contributed by atoms with Gasteiger partial charge in [0.15, 0.2) is 0 Å². The SMILES string of the molecule is COc1ncc([C@H]2CN(C(=O)OC(C)(C)C)CCC2=O)cc1N. The van der Waals surface area contributed by atoms with E-state index >= 15 is 0 Å². The van der Waals surface area contributed by atoms with Crippen LogP contribution in [-0.2, 0) is 9.53 Å². The summed E-state index contributed by atoms with van der Waals surface area (Å²) in [5, 5.41) is 0. The summed E-state index contributed by atoms with van der Waals surface area (Å²) in [6.07, 6.45) is 1.44. The molecule has 1 aliphatic heterocycles. The number of carbonyl (C=O) groups is 2. The molecule has 0 unspecified atom stereocenters. The molecule has 2 rings (SSSR count). The van der Waals surface area contributed by atoms with Gasteiger partial charge in [-0.25, -0.2) is 9.78 Å². The first-order valence-corrected chi connectivity index (χ1v) is 7.51. The van der Waals surface area contributed by atoms with Gasteiger partial charge in [-0.1, -0.05) is 0 Å². The third-order valence-corrected chi connectivity index (χ3v) is 3.57. The Hall–Kier alpha value is -2.31. The number of hydrogen-bond acceptors (Lipinski definition) is 6. The lowest BCUT2D eigenvalue weighted by atomic mass is 9.90. The molecule has 126 valence electrons. The van der Waals surface area contributed by atoms with Gasteiger partial charge in [0.25, 0.3) is 0 Å². The van der Waals surface area contributed by atoms with Crippen LogP contribution < -0.4 is 10.5 Å². The molecule has 1 aliphatic rings. The van der Waals surface area contributed by atoms with E-state index in [0.29, 0.717) is 23.7 Å². The molecule has 7 heteroatoms. The van der Waals surface area contributed by atoms with Crippen molar-refractivity contribution in [1.29, 1.82) is 0 Å². The molecule has 1 amide bonds. The molecule has 0 aromatic carbocycles. The number of Topliss-reactive ketones (excluding diaryl/α,β-unsaturated/α-hetero) is 1. The van der Waals surface area contributed by atoms with E-state index in [9.17, 15) is 9.59 Å². The second-order valence-electron chi connectivity index (χ2n) is 6.56. The zero-order chi connectivity index (χ0) is 17.2. The molecule has 2 heterocycles. The molecule has 1 atom stereocenters. The van der Waals surface area contributed by atoms with E-state index in [2.05, 4.69) is 4.98 Å². The van der Waals surface area contributed by atoms with Crippen LogP contribution in [0, 0.1) is 0 Å². The van der Waals surface area contributed by atoms with E-state index < -0.39 is 17.6 Å². The van der Waals surface area contributed by atoms with Crippen LogP contribution in [-0.4, -0.2) is 47.6 Å². The van der Waals surface area contributed by atoms with Crippen LogP contribution in [0.15, 0.2) is 12.3 Å². The lowest BCUT2D eigenvalue weighted by Gasteiger charge is -2.33. The Morgan fingerprint density at radius 1 is 1.43 bits per heavy atom. The topological polar surface area (TPSA) is 94.7 Å². The van der Waals surface area contributed by atoms with Gasteiger partial charge in [-0.05, 0) is 32.4 Å². The lowest BCUT2D eigenvalue weighted by Crippen LogP contribution is -2.45. The number of nitrogen functional groups attached to an aromatic ring is 1. The standard InChI is InChI=1S/C16H23N3O4/c1-16(2,3)23-15(21)19-6-5-13(20)11(9-19)10-7-12(17)14(22-4)18-8-10/h7-8,11H,5-6,9,17H2,1-4H3/t11-/m1/s1. The molecule has 23 heavy (non-hydrogen) atoms. The number of aromatic nitrogens is 1. The minimum Gasteiger partial charge on any atom is -0.480 e. The molecular weight excluding hydrogens is 298 g/mol. The molecule has 1 aromatic heterocycles. The fourth-order valence-electron chi connectivity index (χ4n) is 2.46. The van der Waals surface area contributed by atoms with Crippen LogP contribution in [0.1, 0.15) is 38.7 Å². The number of pyridine rings is 1. The number of anilines is 1. The number of methoxy groups -OCH3 is 1. The number of hydrogen-bond donors (Lipinski definition) is 1. The molecule has 0 aliphatic carbocycles. The summed E-state index contributed by atoms with van der Waals surface area (Å²) in [5.41, 5.74) is 6.34. The van der Waals surface area contributed by atoms with Gasteiger partial charge in [0.05, 0.1) is 18.7 Å². The summed E-state index contributed by atoms with van der Waals surface area (Å²) >= 11 is 0. The Bertz CT molecular complexity index is 610. The first-order chi connectivity index (χ1) is 10.7. The molecular formula is C16H23N3O4. The van der Waals surface area contributed by atoms with Crippen molar-refractivity contribution in [1.82, 2.24) is 9.88 Å². The zero-order valence-corrected chi connectivity index (χ0v) is 14.0. The molecule has 1 saturated heterocycles. The van der Waals surface area contributed by atoms with E-state index in [1.165, 1.54) is 7.11 Å². The molecule has 0 spiro atoms. The predicted molar refractivity (Wildman–Crippen MR) is 85.4 cm³/mol. The Labute approximate surface area is 135 Å². The Kier molecular flexibility index (Phi) is 4.77. The van der Waals surface area contributed by atoms with E-state index in [-0.39, 0.29) is 18.7 Å². The second kappa shape index (κ2) is 6.44. The number of carbonyl (C=O) groups excluding carboxylic acids is 2. The maximum absolute atomic E-state index is 12.2. The van der Waals surface area contributed by atoms with E-state index in [4.69, 9.17) is 15.2 Å². The van der Waals surface area contributed by atoms with Crippen molar-refractivity contribution < 1.29 is 19.1 Å². The van der Waals surface area contributed by atoms with Crippen LogP contribution in [0.25, 0.3) is 0 Å². The zero-order valence-electron chi connectivity index (χ0n) is 14.0. The Balaban J connectivity index is 2.16. The highest BCUT2D eigenvalue weighted by Gasteiger charge is 2.33. The van der Waals surface area contributed by atoms with Crippen molar-refractivity contribution in [3.63, 3.8) is 0 Å². The molecule has 1 aromatic rings.